The zero-order chi connectivity index (χ0) is 33.8. The molecule has 2 saturated heterocycles. The van der Waals surface area contributed by atoms with Crippen molar-refractivity contribution in [2.24, 2.45) is 5.92 Å². The van der Waals surface area contributed by atoms with Gasteiger partial charge in [0.1, 0.15) is 11.6 Å². The largest absolute Gasteiger partial charge is 0.416 e. The Balaban J connectivity index is 0.991. The Morgan fingerprint density at radius 3 is 2.54 bits per heavy atom. The average molecular weight is 678 g/mol. The number of amides is 3. The molecule has 1 atom stereocenters. The minimum atomic E-state index is -4.55. The van der Waals surface area contributed by atoms with E-state index in [1.54, 1.807) is 29.3 Å². The van der Waals surface area contributed by atoms with Crippen molar-refractivity contribution in [2.75, 3.05) is 23.3 Å². The summed E-state index contributed by atoms with van der Waals surface area (Å²) in [5.74, 6) is 5.14. The molecule has 2 aliphatic heterocycles. The Labute approximate surface area is 276 Å². The van der Waals surface area contributed by atoms with Gasteiger partial charge in [0, 0.05) is 36.8 Å². The minimum Gasteiger partial charge on any atom is -0.369 e. The van der Waals surface area contributed by atoms with Crippen molar-refractivity contribution in [3.63, 3.8) is 0 Å². The van der Waals surface area contributed by atoms with Crippen LogP contribution in [0.2, 0.25) is 5.02 Å². The van der Waals surface area contributed by atoms with Crippen LogP contribution in [0.3, 0.4) is 0 Å². The number of rotatable bonds is 5. The summed E-state index contributed by atoms with van der Waals surface area (Å²) in [5.41, 5.74) is -0.665. The van der Waals surface area contributed by atoms with Crippen molar-refractivity contribution in [3.8, 4) is 11.8 Å². The number of piperidine rings is 1. The van der Waals surface area contributed by atoms with E-state index in [2.05, 4.69) is 37.6 Å². The lowest BCUT2D eigenvalue weighted by atomic mass is 9.76. The molecule has 3 amide bonds. The van der Waals surface area contributed by atoms with Crippen LogP contribution in [0.5, 0.6) is 0 Å². The topological polar surface area (TPSA) is 131 Å². The zero-order valence-electron chi connectivity index (χ0n) is 25.2. The number of halogens is 4. The fourth-order valence-electron chi connectivity index (χ4n) is 6.18. The number of imide groups is 1. The number of hydrogen-bond donors (Lipinski definition) is 2. The third kappa shape index (κ3) is 5.68. The first-order chi connectivity index (χ1) is 22.9. The predicted molar refractivity (Wildman–Crippen MR) is 169 cm³/mol. The molecule has 15 heteroatoms. The van der Waals surface area contributed by atoms with E-state index in [4.69, 9.17) is 11.6 Å². The summed E-state index contributed by atoms with van der Waals surface area (Å²) in [4.78, 5) is 52.3. The van der Waals surface area contributed by atoms with Gasteiger partial charge in [-0.05, 0) is 62.1 Å². The number of benzene rings is 2. The Bertz CT molecular complexity index is 2110. The van der Waals surface area contributed by atoms with Crippen LogP contribution in [0.4, 0.5) is 24.5 Å². The van der Waals surface area contributed by atoms with Crippen LogP contribution in [0, 0.1) is 17.8 Å². The van der Waals surface area contributed by atoms with Crippen LogP contribution in [0.1, 0.15) is 49.3 Å². The molecule has 4 aromatic rings. The molecule has 2 N–H and O–H groups in total. The van der Waals surface area contributed by atoms with Gasteiger partial charge in [-0.15, -0.1) is 0 Å². The Morgan fingerprint density at radius 1 is 1.06 bits per heavy atom. The molecule has 0 radical (unpaired) electrons. The van der Waals surface area contributed by atoms with Gasteiger partial charge in [0.15, 0.2) is 0 Å². The normalized spacial score (nSPS) is 19.2. The monoisotopic (exact) mass is 677 g/mol. The minimum absolute atomic E-state index is 0.0745. The lowest BCUT2D eigenvalue weighted by Gasteiger charge is -2.40. The standard InChI is InChI=1S/C33H27ClF3N7O4/c34-25-13-22(33(35,36)37)4-7-26(25)40-31(48)32(10-1-11-32)43-18-19(14-38-43)2-3-20-16-42(17-20)23-5-6-24-21(12-23)15-39-44(30(24)47)27-8-9-28(45)41-29(27)46/h4-7,12-15,18,20,27H,1,8-11,16-17H2,(H,40,48)(H,41,45,46). The van der Waals surface area contributed by atoms with Gasteiger partial charge in [-0.1, -0.05) is 23.4 Å². The van der Waals surface area contributed by atoms with Gasteiger partial charge in [-0.25, -0.2) is 4.68 Å². The second kappa shape index (κ2) is 11.8. The lowest BCUT2D eigenvalue weighted by molar-refractivity contribution is -0.138. The zero-order valence-corrected chi connectivity index (χ0v) is 25.9. The van der Waals surface area contributed by atoms with Gasteiger partial charge < -0.3 is 10.2 Å². The van der Waals surface area contributed by atoms with Crippen LogP contribution < -0.4 is 21.1 Å². The van der Waals surface area contributed by atoms with Gasteiger partial charge in [-0.2, -0.15) is 23.4 Å². The molecule has 1 saturated carbocycles. The first kappa shape index (κ1) is 31.4. The van der Waals surface area contributed by atoms with Crippen LogP contribution in [-0.2, 0) is 26.1 Å². The molecule has 2 aromatic carbocycles. The average Bonchev–Trinajstić information content (AvgIpc) is 3.46. The summed E-state index contributed by atoms with van der Waals surface area (Å²) in [6, 6.07) is 7.39. The summed E-state index contributed by atoms with van der Waals surface area (Å²) < 4.78 is 41.8. The van der Waals surface area contributed by atoms with Crippen LogP contribution in [-0.4, -0.2) is 50.4 Å². The number of aromatic nitrogens is 4. The molecule has 246 valence electrons. The summed E-state index contributed by atoms with van der Waals surface area (Å²) in [6.07, 6.45) is 2.45. The smallest absolute Gasteiger partial charge is 0.369 e. The third-order valence-electron chi connectivity index (χ3n) is 9.14. The fraction of sp³-hybridized carbons (Fsp3) is 0.333. The highest BCUT2D eigenvalue weighted by Gasteiger charge is 2.47. The number of fused-ring (bicyclic) bond motifs is 1. The van der Waals surface area contributed by atoms with E-state index in [0.29, 0.717) is 42.3 Å². The Hall–Kier alpha value is -5.16. The quantitative estimate of drug-likeness (QED) is 0.239. The predicted octanol–water partition coefficient (Wildman–Crippen LogP) is 4.25. The molecule has 11 nitrogen and oxygen atoms in total. The molecule has 1 unspecified atom stereocenters. The number of nitrogens with one attached hydrogen (secondary N) is 2. The third-order valence-corrected chi connectivity index (χ3v) is 9.45. The first-order valence-electron chi connectivity index (χ1n) is 15.3. The second-order valence-electron chi connectivity index (χ2n) is 12.2. The van der Waals surface area contributed by atoms with Crippen molar-refractivity contribution in [2.45, 2.75) is 49.9 Å². The molecular weight excluding hydrogens is 651 g/mol. The van der Waals surface area contributed by atoms with E-state index in [-0.39, 0.29) is 35.4 Å². The molecule has 48 heavy (non-hydrogen) atoms. The first-order valence-corrected chi connectivity index (χ1v) is 15.6. The van der Waals surface area contributed by atoms with Crippen molar-refractivity contribution in [1.82, 2.24) is 24.9 Å². The summed E-state index contributed by atoms with van der Waals surface area (Å²) >= 11 is 6.06. The molecule has 3 fully saturated rings. The van der Waals surface area contributed by atoms with Gasteiger partial charge >= 0.3 is 6.18 Å². The highest BCUT2D eigenvalue weighted by molar-refractivity contribution is 6.33. The summed E-state index contributed by atoms with van der Waals surface area (Å²) in [7, 11) is 0. The number of carbonyl (C=O) groups is 3. The van der Waals surface area contributed by atoms with E-state index < -0.39 is 40.7 Å². The summed E-state index contributed by atoms with van der Waals surface area (Å²) in [5, 5.41) is 14.4. The van der Waals surface area contributed by atoms with Gasteiger partial charge in [0.2, 0.25) is 5.91 Å². The fourth-order valence-corrected chi connectivity index (χ4v) is 6.40. The van der Waals surface area contributed by atoms with E-state index in [9.17, 15) is 32.3 Å². The van der Waals surface area contributed by atoms with E-state index in [1.807, 2.05) is 12.1 Å². The van der Waals surface area contributed by atoms with Crippen LogP contribution in [0.25, 0.3) is 10.8 Å². The van der Waals surface area contributed by atoms with Gasteiger partial charge in [0.05, 0.1) is 45.5 Å². The number of anilines is 2. The van der Waals surface area contributed by atoms with Crippen molar-refractivity contribution in [3.05, 3.63) is 81.5 Å². The highest BCUT2D eigenvalue weighted by atomic mass is 35.5. The second-order valence-corrected chi connectivity index (χ2v) is 12.6. The van der Waals surface area contributed by atoms with Crippen molar-refractivity contribution in [1.29, 1.82) is 0 Å². The number of nitrogens with zero attached hydrogens (tertiary/aromatic N) is 5. The van der Waals surface area contributed by atoms with E-state index >= 15 is 0 Å². The van der Waals surface area contributed by atoms with Gasteiger partial charge in [0.25, 0.3) is 17.4 Å². The summed E-state index contributed by atoms with van der Waals surface area (Å²) in [6.45, 7) is 1.32. The van der Waals surface area contributed by atoms with Gasteiger partial charge in [-0.3, -0.25) is 29.2 Å². The van der Waals surface area contributed by atoms with Crippen molar-refractivity contribution < 1.29 is 27.6 Å². The lowest BCUT2D eigenvalue weighted by Crippen LogP contribution is -2.51. The molecular formula is C33H27ClF3N7O4. The van der Waals surface area contributed by atoms with E-state index in [1.165, 1.54) is 0 Å². The SMILES string of the molecule is O=C1CCC(n2ncc3cc(N4CC(C#Cc5cnn(C6(C(=O)Nc7ccc(C(F)(F)F)cc7Cl)CCC6)c5)C4)ccc3c2=O)C(=O)N1. The number of carbonyl (C=O) groups excluding carboxylic acids is 3. The maximum Gasteiger partial charge on any atom is 0.416 e. The maximum absolute atomic E-state index is 13.3. The molecule has 0 bridgehead atoms. The van der Waals surface area contributed by atoms with Crippen LogP contribution in [0.15, 0.2) is 59.8 Å². The number of hydrogen-bond acceptors (Lipinski definition) is 7. The number of alkyl halides is 3. The molecule has 7 rings (SSSR count). The molecule has 4 heterocycles. The highest BCUT2D eigenvalue weighted by Crippen LogP contribution is 2.41. The molecule has 2 aromatic heterocycles. The van der Waals surface area contributed by atoms with E-state index in [0.717, 1.165) is 35.0 Å². The molecule has 0 spiro atoms. The Kier molecular flexibility index (Phi) is 7.74. The van der Waals surface area contributed by atoms with Crippen molar-refractivity contribution >= 4 is 51.5 Å². The molecule has 3 aliphatic rings. The Morgan fingerprint density at radius 2 is 1.85 bits per heavy atom. The molecule has 1 aliphatic carbocycles. The maximum atomic E-state index is 13.3. The van der Waals surface area contributed by atoms with Crippen LogP contribution >= 0.6 is 11.6 Å².